The number of alkyl halides is 2. The third kappa shape index (κ3) is 5.06. The monoisotopic (exact) mass is 379 g/mol. The molecule has 0 aromatic heterocycles. The van der Waals surface area contributed by atoms with Crippen molar-refractivity contribution in [3.05, 3.63) is 48.0 Å². The second-order valence-corrected chi connectivity index (χ2v) is 5.39. The van der Waals surface area contributed by atoms with Crippen LogP contribution in [-0.2, 0) is 9.53 Å². The lowest BCUT2D eigenvalue weighted by molar-refractivity contribution is -0.119. The van der Waals surface area contributed by atoms with Crippen LogP contribution in [0.2, 0.25) is 0 Å². The predicted octanol–water partition coefficient (Wildman–Crippen LogP) is 2.85. The molecule has 0 radical (unpaired) electrons. The van der Waals surface area contributed by atoms with Crippen LogP contribution in [0.15, 0.2) is 42.5 Å². The van der Waals surface area contributed by atoms with Gasteiger partial charge in [-0.15, -0.1) is 0 Å². The Morgan fingerprint density at radius 2 is 1.74 bits per heavy atom. The molecule has 0 fully saturated rings. The first-order chi connectivity index (χ1) is 13.0. The Morgan fingerprint density at radius 3 is 2.44 bits per heavy atom. The topological polar surface area (TPSA) is 83.1 Å². The predicted molar refractivity (Wildman–Crippen MR) is 89.4 cm³/mol. The molecule has 0 unspecified atom stereocenters. The number of hydrogen-bond acceptors (Lipinski definition) is 6. The van der Waals surface area contributed by atoms with Gasteiger partial charge in [0.15, 0.2) is 18.1 Å². The van der Waals surface area contributed by atoms with Gasteiger partial charge in [0.05, 0.1) is 5.56 Å². The van der Waals surface area contributed by atoms with E-state index in [0.717, 1.165) is 0 Å². The minimum Gasteiger partial charge on any atom is -0.486 e. The third-order valence-electron chi connectivity index (χ3n) is 3.48. The van der Waals surface area contributed by atoms with Crippen molar-refractivity contribution < 1.29 is 37.3 Å². The van der Waals surface area contributed by atoms with E-state index in [1.807, 2.05) is 0 Å². The molecule has 0 atom stereocenters. The molecule has 0 bridgehead atoms. The molecule has 0 spiro atoms. The Labute approximate surface area is 152 Å². The number of amides is 1. The molecule has 3 rings (SSSR count). The maximum absolute atomic E-state index is 12.1. The number of esters is 1. The highest BCUT2D eigenvalue weighted by atomic mass is 19.3. The van der Waals surface area contributed by atoms with Crippen molar-refractivity contribution in [3.8, 4) is 17.2 Å². The fourth-order valence-corrected chi connectivity index (χ4v) is 2.30. The Bertz CT molecular complexity index is 825. The smallest absolute Gasteiger partial charge is 0.387 e. The molecule has 7 nitrogen and oxygen atoms in total. The van der Waals surface area contributed by atoms with Crippen LogP contribution < -0.4 is 19.5 Å². The lowest BCUT2D eigenvalue weighted by Gasteiger charge is -2.18. The van der Waals surface area contributed by atoms with E-state index >= 15 is 0 Å². The van der Waals surface area contributed by atoms with Crippen LogP contribution in [-0.4, -0.2) is 38.3 Å². The second-order valence-electron chi connectivity index (χ2n) is 5.39. The minimum absolute atomic E-state index is 0.0342. The molecule has 1 N–H and O–H groups in total. The van der Waals surface area contributed by atoms with E-state index in [1.165, 1.54) is 36.4 Å². The van der Waals surface area contributed by atoms with Crippen LogP contribution in [0.1, 0.15) is 10.4 Å². The quantitative estimate of drug-likeness (QED) is 0.777. The zero-order chi connectivity index (χ0) is 19.2. The number of nitrogens with one attached hydrogen (secondary N) is 1. The first-order valence-electron chi connectivity index (χ1n) is 7.93. The normalized spacial score (nSPS) is 12.4. The molecule has 1 heterocycles. The summed E-state index contributed by atoms with van der Waals surface area (Å²) in [5.41, 5.74) is 0.567. The number of hydrogen-bond donors (Lipinski definition) is 1. The Hall–Kier alpha value is -3.36. The van der Waals surface area contributed by atoms with Crippen molar-refractivity contribution in [2.75, 3.05) is 25.1 Å². The van der Waals surface area contributed by atoms with Gasteiger partial charge in [-0.1, -0.05) is 0 Å². The molecule has 2 aromatic carbocycles. The van der Waals surface area contributed by atoms with Crippen molar-refractivity contribution in [1.29, 1.82) is 0 Å². The maximum Gasteiger partial charge on any atom is 0.387 e. The van der Waals surface area contributed by atoms with Gasteiger partial charge < -0.3 is 24.3 Å². The van der Waals surface area contributed by atoms with Gasteiger partial charge >= 0.3 is 12.6 Å². The van der Waals surface area contributed by atoms with Gasteiger partial charge in [-0.2, -0.15) is 8.78 Å². The van der Waals surface area contributed by atoms with Gasteiger partial charge in [0.2, 0.25) is 0 Å². The second kappa shape index (κ2) is 8.35. The summed E-state index contributed by atoms with van der Waals surface area (Å²) in [7, 11) is 0. The number of carbonyl (C=O) groups is 2. The van der Waals surface area contributed by atoms with Crippen molar-refractivity contribution in [2.24, 2.45) is 0 Å². The molecule has 0 saturated carbocycles. The fourth-order valence-electron chi connectivity index (χ4n) is 2.30. The minimum atomic E-state index is -2.93. The molecule has 0 saturated heterocycles. The van der Waals surface area contributed by atoms with E-state index in [-0.39, 0.29) is 11.3 Å². The first kappa shape index (κ1) is 18.4. The van der Waals surface area contributed by atoms with Crippen molar-refractivity contribution in [3.63, 3.8) is 0 Å². The molecule has 9 heteroatoms. The van der Waals surface area contributed by atoms with Crippen LogP contribution in [0, 0.1) is 0 Å². The highest BCUT2D eigenvalue weighted by Gasteiger charge is 2.16. The van der Waals surface area contributed by atoms with E-state index in [2.05, 4.69) is 10.1 Å². The molecule has 2 aromatic rings. The van der Waals surface area contributed by atoms with Crippen LogP contribution in [0.3, 0.4) is 0 Å². The number of fused-ring (bicyclic) bond motifs is 1. The van der Waals surface area contributed by atoms with E-state index in [0.29, 0.717) is 30.4 Å². The highest BCUT2D eigenvalue weighted by molar-refractivity contribution is 5.95. The van der Waals surface area contributed by atoms with Crippen molar-refractivity contribution >= 4 is 17.6 Å². The average molecular weight is 379 g/mol. The lowest BCUT2D eigenvalue weighted by atomic mass is 10.2. The van der Waals surface area contributed by atoms with E-state index in [4.69, 9.17) is 14.2 Å². The summed E-state index contributed by atoms with van der Waals surface area (Å²) in [6.07, 6.45) is 0. The first-order valence-corrected chi connectivity index (χ1v) is 7.93. The largest absolute Gasteiger partial charge is 0.486 e. The van der Waals surface area contributed by atoms with Gasteiger partial charge in [0, 0.05) is 5.69 Å². The zero-order valence-corrected chi connectivity index (χ0v) is 13.9. The summed E-state index contributed by atoms with van der Waals surface area (Å²) >= 11 is 0. The summed E-state index contributed by atoms with van der Waals surface area (Å²) < 4.78 is 44.1. The summed E-state index contributed by atoms with van der Waals surface area (Å²) in [4.78, 5) is 23.9. The molecule has 27 heavy (non-hydrogen) atoms. The molecule has 142 valence electrons. The Kier molecular flexibility index (Phi) is 5.70. The molecule has 1 aliphatic rings. The van der Waals surface area contributed by atoms with Crippen LogP contribution in [0.5, 0.6) is 17.2 Å². The number of carbonyl (C=O) groups excluding carboxylic acids is 2. The SMILES string of the molecule is O=C(COC(=O)c1ccc2c(c1)OCCO2)Nc1ccc(OC(F)F)cc1. The van der Waals surface area contributed by atoms with Gasteiger partial charge in [-0.3, -0.25) is 4.79 Å². The number of rotatable bonds is 6. The standard InChI is InChI=1S/C18H15F2NO6/c19-18(20)27-13-4-2-12(3-5-13)21-16(22)10-26-17(23)11-1-6-14-15(9-11)25-8-7-24-14/h1-6,9,18H,7-8,10H2,(H,21,22). The molecule has 0 aliphatic carbocycles. The summed E-state index contributed by atoms with van der Waals surface area (Å²) in [6, 6.07) is 9.92. The number of ether oxygens (including phenoxy) is 4. The van der Waals surface area contributed by atoms with Crippen molar-refractivity contribution in [2.45, 2.75) is 6.61 Å². The molecular formula is C18H15F2NO6. The van der Waals surface area contributed by atoms with E-state index in [1.54, 1.807) is 6.07 Å². The Morgan fingerprint density at radius 1 is 1.04 bits per heavy atom. The Balaban J connectivity index is 1.50. The van der Waals surface area contributed by atoms with Crippen LogP contribution >= 0.6 is 0 Å². The van der Waals surface area contributed by atoms with Gasteiger partial charge in [0.1, 0.15) is 19.0 Å². The highest BCUT2D eigenvalue weighted by Crippen LogP contribution is 2.30. The zero-order valence-electron chi connectivity index (χ0n) is 13.9. The summed E-state index contributed by atoms with van der Waals surface area (Å²) in [5, 5.41) is 2.48. The lowest BCUT2D eigenvalue weighted by Crippen LogP contribution is -2.21. The van der Waals surface area contributed by atoms with E-state index in [9.17, 15) is 18.4 Å². The average Bonchev–Trinajstić information content (AvgIpc) is 2.67. The molecular weight excluding hydrogens is 364 g/mol. The van der Waals surface area contributed by atoms with Crippen LogP contribution in [0.25, 0.3) is 0 Å². The van der Waals surface area contributed by atoms with Gasteiger partial charge in [-0.25, -0.2) is 4.79 Å². The van der Waals surface area contributed by atoms with Gasteiger partial charge in [0.25, 0.3) is 5.91 Å². The van der Waals surface area contributed by atoms with E-state index < -0.39 is 25.1 Å². The number of halogens is 2. The number of benzene rings is 2. The van der Waals surface area contributed by atoms with Crippen molar-refractivity contribution in [1.82, 2.24) is 0 Å². The van der Waals surface area contributed by atoms with Crippen LogP contribution in [0.4, 0.5) is 14.5 Å². The third-order valence-corrected chi connectivity index (χ3v) is 3.48. The van der Waals surface area contributed by atoms with Gasteiger partial charge in [-0.05, 0) is 42.5 Å². The molecule has 1 aliphatic heterocycles. The molecule has 1 amide bonds. The fraction of sp³-hybridized carbons (Fsp3) is 0.222. The summed E-state index contributed by atoms with van der Waals surface area (Å²) in [6.45, 7) is -2.62. The number of anilines is 1. The maximum atomic E-state index is 12.1. The summed E-state index contributed by atoms with van der Waals surface area (Å²) in [5.74, 6) is -0.333.